The number of primary amides is 1. The molecule has 0 atom stereocenters. The molecule has 5 heteroatoms. The van der Waals surface area contributed by atoms with Crippen LogP contribution in [0.15, 0.2) is 18.2 Å². The fourth-order valence-corrected chi connectivity index (χ4v) is 1.49. The monoisotopic (exact) mass is 209 g/mol. The zero-order chi connectivity index (χ0) is 10.3. The van der Waals surface area contributed by atoms with E-state index < -0.39 is 5.91 Å². The number of aromatic nitrogens is 1. The molecule has 14 heavy (non-hydrogen) atoms. The number of nitrogens with two attached hydrogens (primary N) is 2. The number of nitrogen functional groups attached to an aromatic ring is 1. The summed E-state index contributed by atoms with van der Waals surface area (Å²) in [5, 5.41) is 1.27. The van der Waals surface area contributed by atoms with Crippen LogP contribution in [0.5, 0.6) is 0 Å². The number of carbonyl (C=O) groups is 1. The van der Waals surface area contributed by atoms with Crippen molar-refractivity contribution in [2.75, 3.05) is 5.73 Å². The minimum absolute atomic E-state index is 0.328. The Kier molecular flexibility index (Phi) is 1.86. The Morgan fingerprint density at radius 3 is 2.79 bits per heavy atom. The Bertz CT molecular complexity index is 518. The number of benzene rings is 1. The van der Waals surface area contributed by atoms with Crippen LogP contribution in [0.25, 0.3) is 10.9 Å². The molecular weight excluding hydrogens is 202 g/mol. The van der Waals surface area contributed by atoms with Crippen molar-refractivity contribution in [1.82, 2.24) is 4.98 Å². The molecule has 0 fully saturated rings. The van der Waals surface area contributed by atoms with Crippen LogP contribution in [-0.2, 0) is 0 Å². The number of carbonyl (C=O) groups excluding carboxylic acids is 1. The van der Waals surface area contributed by atoms with E-state index in [1.807, 2.05) is 0 Å². The van der Waals surface area contributed by atoms with Crippen LogP contribution in [0, 0.1) is 0 Å². The molecule has 1 aromatic heterocycles. The maximum absolute atomic E-state index is 10.9. The van der Waals surface area contributed by atoms with Crippen molar-refractivity contribution in [3.8, 4) is 0 Å². The lowest BCUT2D eigenvalue weighted by Gasteiger charge is -1.97. The lowest BCUT2D eigenvalue weighted by molar-refractivity contribution is 0.0996. The number of amides is 1. The van der Waals surface area contributed by atoms with Crippen LogP contribution in [0.4, 0.5) is 5.69 Å². The Balaban J connectivity index is 2.77. The number of hydrogen-bond donors (Lipinski definition) is 3. The largest absolute Gasteiger partial charge is 0.396 e. The van der Waals surface area contributed by atoms with Gasteiger partial charge in [-0.3, -0.25) is 4.79 Å². The fourth-order valence-electron chi connectivity index (χ4n) is 1.33. The summed E-state index contributed by atoms with van der Waals surface area (Å²) in [5.41, 5.74) is 12.2. The zero-order valence-electron chi connectivity index (χ0n) is 7.17. The van der Waals surface area contributed by atoms with E-state index in [2.05, 4.69) is 4.98 Å². The van der Waals surface area contributed by atoms with E-state index in [-0.39, 0.29) is 0 Å². The van der Waals surface area contributed by atoms with Crippen LogP contribution in [0.1, 0.15) is 10.5 Å². The van der Waals surface area contributed by atoms with Gasteiger partial charge in [-0.1, -0.05) is 17.7 Å². The summed E-state index contributed by atoms with van der Waals surface area (Å²) in [6, 6.07) is 5.10. The van der Waals surface area contributed by atoms with Crippen molar-refractivity contribution in [1.29, 1.82) is 0 Å². The van der Waals surface area contributed by atoms with E-state index in [9.17, 15) is 4.79 Å². The number of anilines is 1. The molecule has 0 saturated carbocycles. The molecule has 0 spiro atoms. The molecule has 0 aliphatic heterocycles. The smallest absolute Gasteiger partial charge is 0.265 e. The molecule has 5 N–H and O–H groups in total. The molecule has 0 aliphatic rings. The molecule has 1 aromatic carbocycles. The van der Waals surface area contributed by atoms with Crippen LogP contribution in [0.3, 0.4) is 0 Å². The molecule has 0 unspecified atom stereocenters. The first-order chi connectivity index (χ1) is 6.59. The Morgan fingerprint density at radius 2 is 2.14 bits per heavy atom. The van der Waals surface area contributed by atoms with Crippen molar-refractivity contribution < 1.29 is 4.79 Å². The summed E-state index contributed by atoms with van der Waals surface area (Å²) >= 11 is 5.82. The van der Waals surface area contributed by atoms with Gasteiger partial charge in [0.25, 0.3) is 5.91 Å². The molecule has 0 radical (unpaired) electrons. The summed E-state index contributed by atoms with van der Waals surface area (Å²) in [6.45, 7) is 0. The van der Waals surface area contributed by atoms with Gasteiger partial charge >= 0.3 is 0 Å². The van der Waals surface area contributed by atoms with E-state index in [0.29, 0.717) is 21.9 Å². The number of H-pyrrole nitrogens is 1. The van der Waals surface area contributed by atoms with E-state index in [1.165, 1.54) is 0 Å². The molecule has 0 saturated heterocycles. The fraction of sp³-hybridized carbons (Fsp3) is 0. The molecule has 2 aromatic rings. The number of rotatable bonds is 1. The predicted molar refractivity (Wildman–Crippen MR) is 56.2 cm³/mol. The van der Waals surface area contributed by atoms with Gasteiger partial charge < -0.3 is 16.5 Å². The second-order valence-corrected chi connectivity index (χ2v) is 3.38. The Labute approximate surface area is 84.8 Å². The summed E-state index contributed by atoms with van der Waals surface area (Å²) in [5.74, 6) is -0.517. The highest BCUT2D eigenvalue weighted by Crippen LogP contribution is 2.28. The summed E-state index contributed by atoms with van der Waals surface area (Å²) in [4.78, 5) is 13.7. The van der Waals surface area contributed by atoms with Gasteiger partial charge in [-0.05, 0) is 12.1 Å². The van der Waals surface area contributed by atoms with E-state index in [4.69, 9.17) is 23.1 Å². The molecule has 0 aliphatic carbocycles. The highest BCUT2D eigenvalue weighted by atomic mass is 35.5. The second kappa shape index (κ2) is 2.92. The van der Waals surface area contributed by atoms with E-state index in [1.54, 1.807) is 18.2 Å². The highest BCUT2D eigenvalue weighted by Gasteiger charge is 2.09. The van der Waals surface area contributed by atoms with Crippen LogP contribution < -0.4 is 11.5 Å². The highest BCUT2D eigenvalue weighted by molar-refractivity contribution is 6.34. The summed E-state index contributed by atoms with van der Waals surface area (Å²) in [6.07, 6.45) is 0. The first-order valence-corrected chi connectivity index (χ1v) is 4.34. The van der Waals surface area contributed by atoms with Gasteiger partial charge in [0.1, 0.15) is 5.69 Å². The number of hydrogen-bond acceptors (Lipinski definition) is 2. The lowest BCUT2D eigenvalue weighted by Crippen LogP contribution is -2.10. The number of aromatic amines is 1. The Hall–Kier alpha value is -1.68. The van der Waals surface area contributed by atoms with Crippen molar-refractivity contribution in [2.45, 2.75) is 0 Å². The lowest BCUT2D eigenvalue weighted by atomic mass is 10.2. The van der Waals surface area contributed by atoms with Crippen molar-refractivity contribution in [3.05, 3.63) is 28.9 Å². The third kappa shape index (κ3) is 1.20. The topological polar surface area (TPSA) is 84.9 Å². The van der Waals surface area contributed by atoms with Crippen LogP contribution in [0.2, 0.25) is 5.02 Å². The first-order valence-electron chi connectivity index (χ1n) is 3.96. The molecule has 2 rings (SSSR count). The van der Waals surface area contributed by atoms with Crippen LogP contribution >= 0.6 is 11.6 Å². The summed E-state index contributed by atoms with van der Waals surface area (Å²) < 4.78 is 0. The normalized spacial score (nSPS) is 10.6. The van der Waals surface area contributed by atoms with E-state index >= 15 is 0 Å². The second-order valence-electron chi connectivity index (χ2n) is 2.97. The van der Waals surface area contributed by atoms with Gasteiger partial charge in [-0.2, -0.15) is 0 Å². The molecular formula is C9H8ClN3O. The number of halogens is 1. The molecule has 4 nitrogen and oxygen atoms in total. The first kappa shape index (κ1) is 8.90. The van der Waals surface area contributed by atoms with Gasteiger partial charge in [-0.25, -0.2) is 0 Å². The minimum atomic E-state index is -0.517. The minimum Gasteiger partial charge on any atom is -0.396 e. The van der Waals surface area contributed by atoms with Gasteiger partial charge in [0.15, 0.2) is 0 Å². The predicted octanol–water partition coefficient (Wildman–Crippen LogP) is 1.50. The van der Waals surface area contributed by atoms with Gasteiger partial charge in [0, 0.05) is 5.39 Å². The van der Waals surface area contributed by atoms with Gasteiger partial charge in [0.05, 0.1) is 16.2 Å². The molecule has 0 bridgehead atoms. The SMILES string of the molecule is NC(=O)c1cc2ccc(Cl)c(N)c2[nH]1. The van der Waals surface area contributed by atoms with Crippen LogP contribution in [-0.4, -0.2) is 10.9 Å². The van der Waals surface area contributed by atoms with Crippen molar-refractivity contribution in [2.24, 2.45) is 5.73 Å². The van der Waals surface area contributed by atoms with E-state index in [0.717, 1.165) is 5.39 Å². The molecule has 1 heterocycles. The Morgan fingerprint density at radius 1 is 1.43 bits per heavy atom. The average Bonchev–Trinajstić information content (AvgIpc) is 2.56. The third-order valence-corrected chi connectivity index (χ3v) is 2.38. The number of nitrogens with one attached hydrogen (secondary N) is 1. The maximum atomic E-state index is 10.9. The standard InChI is InChI=1S/C9H8ClN3O/c10-5-2-1-4-3-6(9(12)14)13-8(4)7(5)11/h1-3,13H,11H2,(H2,12,14). The quantitative estimate of drug-likeness (QED) is 0.622. The summed E-state index contributed by atoms with van der Waals surface area (Å²) in [7, 11) is 0. The maximum Gasteiger partial charge on any atom is 0.265 e. The van der Waals surface area contributed by atoms with Crippen molar-refractivity contribution >= 4 is 34.1 Å². The third-order valence-electron chi connectivity index (χ3n) is 2.05. The molecule has 1 amide bonds. The van der Waals surface area contributed by atoms with Gasteiger partial charge in [0.2, 0.25) is 0 Å². The zero-order valence-corrected chi connectivity index (χ0v) is 7.93. The van der Waals surface area contributed by atoms with Crippen molar-refractivity contribution in [3.63, 3.8) is 0 Å². The number of fused-ring (bicyclic) bond motifs is 1. The van der Waals surface area contributed by atoms with Gasteiger partial charge in [-0.15, -0.1) is 0 Å². The average molecular weight is 210 g/mol. The molecule has 72 valence electrons.